The van der Waals surface area contributed by atoms with Crippen LogP contribution < -0.4 is 0 Å². The van der Waals surface area contributed by atoms with E-state index in [9.17, 15) is 0 Å². The lowest BCUT2D eigenvalue weighted by molar-refractivity contribution is -0.0170. The minimum Gasteiger partial charge on any atom is -0.379 e. The molecule has 1 aliphatic heterocycles. The van der Waals surface area contributed by atoms with Crippen LogP contribution in [0.2, 0.25) is 0 Å². The van der Waals surface area contributed by atoms with E-state index >= 15 is 0 Å². The first-order chi connectivity index (χ1) is 7.27. The molecule has 1 unspecified atom stereocenters. The lowest BCUT2D eigenvalue weighted by atomic mass is 10.0. The smallest absolute Gasteiger partial charge is 0.0816 e. The number of hydrogen-bond donors (Lipinski definition) is 0. The first-order valence-electron chi connectivity index (χ1n) is 5.88. The minimum atomic E-state index is 0.120. The molecular weight excluding hydrogens is 190 g/mol. The van der Waals surface area contributed by atoms with Crippen LogP contribution in [0.4, 0.5) is 0 Å². The Morgan fingerprint density at radius 1 is 1.53 bits per heavy atom. The molecule has 0 aromatic rings. The van der Waals surface area contributed by atoms with E-state index in [1.54, 1.807) is 0 Å². The Morgan fingerprint density at radius 3 is 3.00 bits per heavy atom. The largest absolute Gasteiger partial charge is 0.379 e. The van der Waals surface area contributed by atoms with Crippen LogP contribution in [0, 0.1) is 17.2 Å². The van der Waals surface area contributed by atoms with Gasteiger partial charge in [0.05, 0.1) is 31.3 Å². The van der Waals surface area contributed by atoms with Gasteiger partial charge in [-0.05, 0) is 18.8 Å². The number of unbranched alkanes of at least 4 members (excludes halogenated alkanes) is 1. The summed E-state index contributed by atoms with van der Waals surface area (Å²) in [5.41, 5.74) is 0. The molecule has 3 nitrogen and oxygen atoms in total. The van der Waals surface area contributed by atoms with Crippen LogP contribution in [-0.2, 0) is 9.47 Å². The van der Waals surface area contributed by atoms with E-state index in [0.717, 1.165) is 19.4 Å². The van der Waals surface area contributed by atoms with Gasteiger partial charge in [-0.2, -0.15) is 5.26 Å². The number of nitrogens with zero attached hydrogens (tertiary/aromatic N) is 1. The van der Waals surface area contributed by atoms with Gasteiger partial charge in [0.2, 0.25) is 0 Å². The summed E-state index contributed by atoms with van der Waals surface area (Å²) < 4.78 is 11.3. The number of nitriles is 1. The maximum Gasteiger partial charge on any atom is 0.0816 e. The Labute approximate surface area is 92.4 Å². The summed E-state index contributed by atoms with van der Waals surface area (Å²) in [6.45, 7) is 5.81. The highest BCUT2D eigenvalue weighted by Crippen LogP contribution is 2.28. The molecule has 0 amide bonds. The van der Waals surface area contributed by atoms with Gasteiger partial charge in [0.25, 0.3) is 0 Å². The van der Waals surface area contributed by atoms with Gasteiger partial charge in [0, 0.05) is 6.61 Å². The Bertz CT molecular complexity index is 212. The zero-order valence-corrected chi connectivity index (χ0v) is 9.74. The first kappa shape index (κ1) is 12.5. The summed E-state index contributed by atoms with van der Waals surface area (Å²) in [5, 5.41) is 8.62. The Kier molecular flexibility index (Phi) is 5.67. The van der Waals surface area contributed by atoms with Crippen molar-refractivity contribution in [2.45, 2.75) is 51.7 Å². The average Bonchev–Trinajstić information content (AvgIpc) is 2.55. The maximum absolute atomic E-state index is 8.62. The summed E-state index contributed by atoms with van der Waals surface area (Å²) in [6.07, 6.45) is 4.14. The topological polar surface area (TPSA) is 42.2 Å². The first-order valence-corrected chi connectivity index (χ1v) is 5.88. The molecule has 0 aromatic heterocycles. The Morgan fingerprint density at radius 2 is 2.33 bits per heavy atom. The highest BCUT2D eigenvalue weighted by atomic mass is 16.5. The normalized spacial score (nSPS) is 30.3. The molecule has 15 heavy (non-hydrogen) atoms. The Balaban J connectivity index is 2.15. The lowest BCUT2D eigenvalue weighted by Crippen LogP contribution is -2.17. The summed E-state index contributed by atoms with van der Waals surface area (Å²) in [4.78, 5) is 0. The van der Waals surface area contributed by atoms with Crippen molar-refractivity contribution in [1.82, 2.24) is 0 Å². The predicted molar refractivity (Wildman–Crippen MR) is 58.4 cm³/mol. The van der Waals surface area contributed by atoms with Gasteiger partial charge in [0.1, 0.15) is 0 Å². The lowest BCUT2D eigenvalue weighted by Gasteiger charge is -2.12. The van der Waals surface area contributed by atoms with E-state index in [-0.39, 0.29) is 12.2 Å². The highest BCUT2D eigenvalue weighted by Gasteiger charge is 2.31. The zero-order chi connectivity index (χ0) is 11.1. The summed E-state index contributed by atoms with van der Waals surface area (Å²) in [7, 11) is 0. The van der Waals surface area contributed by atoms with Crippen LogP contribution in [0.3, 0.4) is 0 Å². The number of hydrogen-bond acceptors (Lipinski definition) is 3. The van der Waals surface area contributed by atoms with Crippen LogP contribution in [0.5, 0.6) is 0 Å². The molecule has 0 spiro atoms. The van der Waals surface area contributed by atoms with Crippen molar-refractivity contribution in [2.75, 3.05) is 13.2 Å². The Hall–Kier alpha value is -0.590. The minimum absolute atomic E-state index is 0.120. The van der Waals surface area contributed by atoms with E-state index in [4.69, 9.17) is 14.7 Å². The monoisotopic (exact) mass is 211 g/mol. The molecule has 1 rings (SSSR count). The van der Waals surface area contributed by atoms with Crippen molar-refractivity contribution >= 4 is 0 Å². The van der Waals surface area contributed by atoms with E-state index < -0.39 is 0 Å². The van der Waals surface area contributed by atoms with Crippen molar-refractivity contribution in [1.29, 1.82) is 5.26 Å². The fourth-order valence-corrected chi connectivity index (χ4v) is 1.91. The molecule has 3 atom stereocenters. The molecule has 86 valence electrons. The molecule has 0 N–H and O–H groups in total. The second-order valence-corrected chi connectivity index (χ2v) is 4.30. The van der Waals surface area contributed by atoms with Gasteiger partial charge >= 0.3 is 0 Å². The second-order valence-electron chi connectivity index (χ2n) is 4.30. The SMILES string of the molecule is CCCCOC[C@@H]1C[C@H](C)C(CC#N)O1. The van der Waals surface area contributed by atoms with Crippen LogP contribution in [0.25, 0.3) is 0 Å². The van der Waals surface area contributed by atoms with E-state index in [0.29, 0.717) is 18.9 Å². The molecule has 0 saturated carbocycles. The third-order valence-corrected chi connectivity index (χ3v) is 2.88. The average molecular weight is 211 g/mol. The van der Waals surface area contributed by atoms with Crippen molar-refractivity contribution in [3.05, 3.63) is 0 Å². The fourth-order valence-electron chi connectivity index (χ4n) is 1.91. The van der Waals surface area contributed by atoms with Crippen molar-refractivity contribution in [3.63, 3.8) is 0 Å². The van der Waals surface area contributed by atoms with Gasteiger partial charge in [0.15, 0.2) is 0 Å². The van der Waals surface area contributed by atoms with Crippen molar-refractivity contribution in [3.8, 4) is 6.07 Å². The fraction of sp³-hybridized carbons (Fsp3) is 0.917. The molecule has 1 saturated heterocycles. The van der Waals surface area contributed by atoms with E-state index in [2.05, 4.69) is 19.9 Å². The van der Waals surface area contributed by atoms with Crippen molar-refractivity contribution in [2.24, 2.45) is 5.92 Å². The van der Waals surface area contributed by atoms with Gasteiger partial charge < -0.3 is 9.47 Å². The van der Waals surface area contributed by atoms with E-state index in [1.165, 1.54) is 6.42 Å². The molecule has 0 radical (unpaired) electrons. The molecule has 3 heteroatoms. The van der Waals surface area contributed by atoms with Crippen LogP contribution >= 0.6 is 0 Å². The van der Waals surface area contributed by atoms with E-state index in [1.807, 2.05) is 0 Å². The van der Waals surface area contributed by atoms with Gasteiger partial charge in [-0.25, -0.2) is 0 Å². The molecule has 1 heterocycles. The number of rotatable bonds is 6. The zero-order valence-electron chi connectivity index (χ0n) is 9.74. The molecular formula is C12H21NO2. The van der Waals surface area contributed by atoms with Gasteiger partial charge in [-0.1, -0.05) is 20.3 Å². The van der Waals surface area contributed by atoms with Gasteiger partial charge in [-0.3, -0.25) is 0 Å². The van der Waals surface area contributed by atoms with Crippen molar-refractivity contribution < 1.29 is 9.47 Å². The summed E-state index contributed by atoms with van der Waals surface area (Å²) in [5.74, 6) is 0.490. The maximum atomic E-state index is 8.62. The van der Waals surface area contributed by atoms with Crippen LogP contribution in [0.1, 0.15) is 39.5 Å². The van der Waals surface area contributed by atoms with Crippen LogP contribution in [0.15, 0.2) is 0 Å². The summed E-state index contributed by atoms with van der Waals surface area (Å²) in [6, 6.07) is 2.17. The molecule has 1 aliphatic rings. The standard InChI is InChI=1S/C12H21NO2/c1-3-4-7-14-9-11-8-10(2)12(15-11)5-6-13/h10-12H,3-5,7-9H2,1-2H3/t10-,11-,12?/m0/s1. The molecule has 0 bridgehead atoms. The number of ether oxygens (including phenoxy) is 2. The van der Waals surface area contributed by atoms with Crippen LogP contribution in [-0.4, -0.2) is 25.4 Å². The third kappa shape index (κ3) is 4.19. The second kappa shape index (κ2) is 6.81. The third-order valence-electron chi connectivity index (χ3n) is 2.88. The highest BCUT2D eigenvalue weighted by molar-refractivity contribution is 4.86. The molecule has 0 aromatic carbocycles. The quantitative estimate of drug-likeness (QED) is 0.634. The molecule has 0 aliphatic carbocycles. The molecule has 1 fully saturated rings. The van der Waals surface area contributed by atoms with Gasteiger partial charge in [-0.15, -0.1) is 0 Å². The summed E-state index contributed by atoms with van der Waals surface area (Å²) >= 11 is 0. The predicted octanol–water partition coefficient (Wildman–Crippen LogP) is 2.51.